The summed E-state index contributed by atoms with van der Waals surface area (Å²) in [4.78, 5) is 0. The fourth-order valence-corrected chi connectivity index (χ4v) is 10.8. The van der Waals surface area contributed by atoms with Crippen molar-refractivity contribution in [2.24, 2.45) is 23.0 Å². The smallest absolute Gasteiger partial charge is 0.163 e. The lowest BCUT2D eigenvalue weighted by molar-refractivity contribution is -0.252. The van der Waals surface area contributed by atoms with Crippen LogP contribution in [0.2, 0.25) is 0 Å². The molecule has 2 fully saturated rings. The minimum Gasteiger partial charge on any atom is -0.455 e. The van der Waals surface area contributed by atoms with E-state index in [9.17, 15) is 0 Å². The summed E-state index contributed by atoms with van der Waals surface area (Å²) in [7, 11) is 0. The molecule has 0 bridgehead atoms. The Kier molecular flexibility index (Phi) is 14.5. The number of nitrogens with two attached hydrogens (primary N) is 1. The zero-order chi connectivity index (χ0) is 31.2. The fraction of sp³-hybridized carbons (Fsp3) is 0.657. The second kappa shape index (κ2) is 16.9. The van der Waals surface area contributed by atoms with Crippen molar-refractivity contribution in [3.05, 3.63) is 49.7 Å². The van der Waals surface area contributed by atoms with E-state index >= 15 is 0 Å². The van der Waals surface area contributed by atoms with E-state index in [1.807, 2.05) is 0 Å². The molecule has 4 rings (SSSR count). The summed E-state index contributed by atoms with van der Waals surface area (Å²) in [5, 5.41) is 0. The SMILES string of the molecule is CCC(C)COC1OCCCC1(C)C(Cc1cc(I)c(Oc2cc(I)c(C)c(I)c2)c(I)c1)C1(N)CCCCCCCC1. The van der Waals surface area contributed by atoms with Crippen molar-refractivity contribution in [2.45, 2.75) is 117 Å². The summed E-state index contributed by atoms with van der Waals surface area (Å²) in [6, 6.07) is 8.92. The minimum atomic E-state index is -0.251. The monoisotopic (exact) mass is 1040 g/mol. The van der Waals surface area contributed by atoms with Gasteiger partial charge in [0, 0.05) is 24.7 Å². The Hall–Kier alpha value is 1.04. The van der Waals surface area contributed by atoms with E-state index in [4.69, 9.17) is 19.9 Å². The number of hydrogen-bond acceptors (Lipinski definition) is 4. The van der Waals surface area contributed by atoms with Gasteiger partial charge in [-0.25, -0.2) is 0 Å². The average molecular weight is 1040 g/mol. The predicted molar refractivity (Wildman–Crippen MR) is 212 cm³/mol. The Morgan fingerprint density at radius 3 is 2.05 bits per heavy atom. The molecule has 8 heteroatoms. The molecule has 4 nitrogen and oxygen atoms in total. The molecule has 1 aliphatic heterocycles. The topological polar surface area (TPSA) is 53.7 Å². The largest absolute Gasteiger partial charge is 0.455 e. The van der Waals surface area contributed by atoms with E-state index in [1.165, 1.54) is 56.8 Å². The van der Waals surface area contributed by atoms with Crippen molar-refractivity contribution in [2.75, 3.05) is 13.2 Å². The lowest BCUT2D eigenvalue weighted by Crippen LogP contribution is -2.59. The highest BCUT2D eigenvalue weighted by Gasteiger charge is 2.52. The van der Waals surface area contributed by atoms with Crippen molar-refractivity contribution in [1.29, 1.82) is 0 Å². The first-order valence-corrected chi connectivity index (χ1v) is 20.4. The van der Waals surface area contributed by atoms with Crippen LogP contribution in [0.15, 0.2) is 24.3 Å². The Bertz CT molecular complexity index is 1170. The Balaban J connectivity index is 1.69. The van der Waals surface area contributed by atoms with Gasteiger partial charge in [-0.05, 0) is 177 Å². The van der Waals surface area contributed by atoms with Crippen molar-refractivity contribution < 1.29 is 14.2 Å². The van der Waals surface area contributed by atoms with Crippen LogP contribution < -0.4 is 10.5 Å². The first-order chi connectivity index (χ1) is 20.5. The minimum absolute atomic E-state index is 0.157. The van der Waals surface area contributed by atoms with Gasteiger partial charge in [0.2, 0.25) is 0 Å². The molecule has 43 heavy (non-hydrogen) atoms. The molecule has 0 aromatic heterocycles. The molecule has 4 unspecified atom stereocenters. The molecule has 1 saturated heterocycles. The van der Waals surface area contributed by atoms with Gasteiger partial charge in [-0.1, -0.05) is 65.7 Å². The van der Waals surface area contributed by atoms with Crippen LogP contribution in [0.25, 0.3) is 0 Å². The molecular formula is C35H49I4NO3. The highest BCUT2D eigenvalue weighted by Crippen LogP contribution is 2.50. The van der Waals surface area contributed by atoms with Gasteiger partial charge in [-0.15, -0.1) is 0 Å². The van der Waals surface area contributed by atoms with Gasteiger partial charge in [0.15, 0.2) is 12.0 Å². The molecule has 0 amide bonds. The molecule has 2 aliphatic rings. The van der Waals surface area contributed by atoms with E-state index in [0.717, 1.165) is 70.4 Å². The van der Waals surface area contributed by atoms with Crippen LogP contribution in [-0.2, 0) is 15.9 Å². The molecule has 240 valence electrons. The van der Waals surface area contributed by atoms with Gasteiger partial charge in [0.25, 0.3) is 0 Å². The molecule has 1 aliphatic carbocycles. The fourth-order valence-electron chi connectivity index (χ4n) is 6.94. The van der Waals surface area contributed by atoms with Crippen LogP contribution in [0.3, 0.4) is 0 Å². The molecule has 4 atom stereocenters. The van der Waals surface area contributed by atoms with Crippen LogP contribution in [0.1, 0.15) is 103 Å². The Morgan fingerprint density at radius 2 is 1.47 bits per heavy atom. The second-order valence-electron chi connectivity index (χ2n) is 13.3. The molecule has 2 aromatic carbocycles. The van der Waals surface area contributed by atoms with Crippen molar-refractivity contribution >= 4 is 90.4 Å². The van der Waals surface area contributed by atoms with Crippen LogP contribution in [-0.4, -0.2) is 25.0 Å². The van der Waals surface area contributed by atoms with Crippen LogP contribution in [0.5, 0.6) is 11.5 Å². The van der Waals surface area contributed by atoms with Gasteiger partial charge in [0.1, 0.15) is 5.75 Å². The third-order valence-electron chi connectivity index (χ3n) is 9.89. The lowest BCUT2D eigenvalue weighted by Gasteiger charge is -2.53. The molecule has 1 heterocycles. The summed E-state index contributed by atoms with van der Waals surface area (Å²) >= 11 is 9.71. The number of rotatable bonds is 10. The van der Waals surface area contributed by atoms with Crippen molar-refractivity contribution in [3.63, 3.8) is 0 Å². The van der Waals surface area contributed by atoms with Crippen molar-refractivity contribution in [3.8, 4) is 11.5 Å². The van der Waals surface area contributed by atoms with Gasteiger partial charge in [-0.3, -0.25) is 0 Å². The quantitative estimate of drug-likeness (QED) is 0.241. The van der Waals surface area contributed by atoms with E-state index < -0.39 is 0 Å². The standard InChI is InChI=1S/C35H49I4NO3/c1-5-23(2)22-42-33-34(4,13-12-16-41-33)31(35(40)14-10-8-6-7-9-11-15-35)19-25-17-29(38)32(30(39)18-25)43-26-20-27(36)24(3)28(37)21-26/h17-18,20-21,23,31,33H,5-16,19,22,40H2,1-4H3. The van der Waals surface area contributed by atoms with Gasteiger partial charge in [0.05, 0.1) is 13.7 Å². The first-order valence-electron chi connectivity index (χ1n) is 16.1. The number of halogens is 4. The lowest BCUT2D eigenvalue weighted by atomic mass is 9.59. The Labute approximate surface area is 315 Å². The zero-order valence-corrected chi connectivity index (χ0v) is 34.9. The van der Waals surface area contributed by atoms with Crippen LogP contribution in [0, 0.1) is 38.5 Å². The summed E-state index contributed by atoms with van der Waals surface area (Å²) in [6.45, 7) is 10.6. The van der Waals surface area contributed by atoms with E-state index in [1.54, 1.807) is 0 Å². The van der Waals surface area contributed by atoms with Gasteiger partial charge in [-0.2, -0.15) is 0 Å². The Morgan fingerprint density at radius 1 is 0.884 bits per heavy atom. The highest BCUT2D eigenvalue weighted by molar-refractivity contribution is 14.1. The normalized spacial score (nSPS) is 24.4. The highest BCUT2D eigenvalue weighted by atomic mass is 127. The average Bonchev–Trinajstić information content (AvgIpc) is 3.08. The van der Waals surface area contributed by atoms with E-state index in [2.05, 4.69) is 142 Å². The van der Waals surface area contributed by atoms with Gasteiger partial charge >= 0.3 is 0 Å². The van der Waals surface area contributed by atoms with Crippen LogP contribution in [0.4, 0.5) is 0 Å². The molecular weight excluding hydrogens is 990 g/mol. The number of ether oxygens (including phenoxy) is 3. The maximum absolute atomic E-state index is 7.66. The van der Waals surface area contributed by atoms with Crippen molar-refractivity contribution in [1.82, 2.24) is 0 Å². The predicted octanol–water partition coefficient (Wildman–Crippen LogP) is 11.4. The maximum Gasteiger partial charge on any atom is 0.163 e. The number of hydrogen-bond donors (Lipinski definition) is 1. The van der Waals surface area contributed by atoms with E-state index in [0.29, 0.717) is 5.92 Å². The number of benzene rings is 2. The molecule has 2 aromatic rings. The van der Waals surface area contributed by atoms with E-state index in [-0.39, 0.29) is 23.2 Å². The summed E-state index contributed by atoms with van der Waals surface area (Å²) in [5.74, 6) is 2.59. The second-order valence-corrected chi connectivity index (χ2v) is 17.9. The van der Waals surface area contributed by atoms with Gasteiger partial charge < -0.3 is 19.9 Å². The molecule has 0 radical (unpaired) electrons. The summed E-state index contributed by atoms with van der Waals surface area (Å²) < 4.78 is 24.4. The first kappa shape index (κ1) is 36.9. The molecule has 1 saturated carbocycles. The maximum atomic E-state index is 7.66. The molecule has 2 N–H and O–H groups in total. The zero-order valence-electron chi connectivity index (χ0n) is 26.3. The third-order valence-corrected chi connectivity index (χ3v) is 13.7. The van der Waals surface area contributed by atoms with Crippen LogP contribution >= 0.6 is 90.4 Å². The summed E-state index contributed by atoms with van der Waals surface area (Å²) in [5.41, 5.74) is 9.88. The third kappa shape index (κ3) is 9.57. The summed E-state index contributed by atoms with van der Waals surface area (Å²) in [6.07, 6.45) is 13.7. The molecule has 0 spiro atoms.